The monoisotopic (exact) mass is 331 g/mol. The Kier molecular flexibility index (Phi) is 9.24. The molecule has 0 aromatic carbocycles. The Labute approximate surface area is 136 Å². The van der Waals surface area contributed by atoms with E-state index in [9.17, 15) is 4.79 Å². The average molecular weight is 332 g/mol. The van der Waals surface area contributed by atoms with E-state index in [0.29, 0.717) is 38.2 Å². The molecule has 0 aromatic heterocycles. The van der Waals surface area contributed by atoms with Crippen LogP contribution in [0.1, 0.15) is 59.8 Å². The summed E-state index contributed by atoms with van der Waals surface area (Å²) in [6.45, 7) is 10.8. The summed E-state index contributed by atoms with van der Waals surface area (Å²) in [6.07, 6.45) is 4.83. The largest absolute Gasteiger partial charge is 0.500 e. The second kappa shape index (κ2) is 10.4. The molecule has 0 bridgehead atoms. The lowest BCUT2D eigenvalue weighted by Gasteiger charge is -2.34. The van der Waals surface area contributed by atoms with Crippen LogP contribution in [0.15, 0.2) is 0 Å². The second-order valence-electron chi connectivity index (χ2n) is 5.77. The lowest BCUT2D eigenvalue weighted by atomic mass is 10.0. The van der Waals surface area contributed by atoms with Crippen molar-refractivity contribution in [3.63, 3.8) is 0 Å². The van der Waals surface area contributed by atoms with E-state index in [1.807, 2.05) is 25.7 Å². The summed E-state index contributed by atoms with van der Waals surface area (Å²) in [5, 5.41) is 0. The van der Waals surface area contributed by atoms with Gasteiger partial charge in [-0.1, -0.05) is 0 Å². The topological polar surface area (TPSA) is 48.0 Å². The first-order chi connectivity index (χ1) is 10.6. The molecule has 1 rings (SSSR count). The highest BCUT2D eigenvalue weighted by Gasteiger charge is 2.39. The van der Waals surface area contributed by atoms with Crippen molar-refractivity contribution in [2.24, 2.45) is 0 Å². The molecular formula is C16H33NO4Si. The van der Waals surface area contributed by atoms with Crippen molar-refractivity contribution in [1.29, 1.82) is 0 Å². The van der Waals surface area contributed by atoms with Gasteiger partial charge in [-0.15, -0.1) is 0 Å². The van der Waals surface area contributed by atoms with Crippen molar-refractivity contribution >= 4 is 14.7 Å². The standard InChI is InChI=1S/C16H33NO4Si/c1-5-19-22(20-6-2,21-7-3)14-9-8-13-17-15(4)11-10-12-16(17)18/h15H,5-14H2,1-4H3. The lowest BCUT2D eigenvalue weighted by Crippen LogP contribution is -2.46. The van der Waals surface area contributed by atoms with Crippen LogP contribution in [-0.4, -0.2) is 52.0 Å². The summed E-state index contributed by atoms with van der Waals surface area (Å²) >= 11 is 0. The number of piperidine rings is 1. The van der Waals surface area contributed by atoms with E-state index in [1.165, 1.54) is 0 Å². The van der Waals surface area contributed by atoms with Gasteiger partial charge in [0.05, 0.1) is 0 Å². The molecule has 5 nitrogen and oxygen atoms in total. The molecule has 0 radical (unpaired) electrons. The van der Waals surface area contributed by atoms with Crippen LogP contribution < -0.4 is 0 Å². The number of likely N-dealkylation sites (tertiary alicyclic amines) is 1. The van der Waals surface area contributed by atoms with Crippen molar-refractivity contribution in [3.8, 4) is 0 Å². The van der Waals surface area contributed by atoms with Gasteiger partial charge in [-0.3, -0.25) is 4.79 Å². The van der Waals surface area contributed by atoms with E-state index in [2.05, 4.69) is 6.92 Å². The van der Waals surface area contributed by atoms with Crippen LogP contribution in [-0.2, 0) is 18.1 Å². The molecule has 0 saturated carbocycles. The maximum Gasteiger partial charge on any atom is 0.500 e. The Morgan fingerprint density at radius 1 is 1.09 bits per heavy atom. The van der Waals surface area contributed by atoms with Gasteiger partial charge in [0.25, 0.3) is 0 Å². The van der Waals surface area contributed by atoms with Crippen LogP contribution in [0, 0.1) is 0 Å². The van der Waals surface area contributed by atoms with Gasteiger partial charge in [0, 0.05) is 44.9 Å². The van der Waals surface area contributed by atoms with Crippen molar-refractivity contribution in [2.75, 3.05) is 26.4 Å². The summed E-state index contributed by atoms with van der Waals surface area (Å²) < 4.78 is 17.6. The van der Waals surface area contributed by atoms with Gasteiger partial charge in [0.2, 0.25) is 5.91 Å². The number of nitrogens with zero attached hydrogens (tertiary/aromatic N) is 1. The number of carbonyl (C=O) groups is 1. The second-order valence-corrected chi connectivity index (χ2v) is 8.50. The third-order valence-electron chi connectivity index (χ3n) is 4.09. The summed E-state index contributed by atoms with van der Waals surface area (Å²) in [4.78, 5) is 14.0. The zero-order valence-electron chi connectivity index (χ0n) is 14.7. The van der Waals surface area contributed by atoms with Crippen LogP contribution in [0.4, 0.5) is 0 Å². The lowest BCUT2D eigenvalue weighted by molar-refractivity contribution is -0.135. The molecule has 0 aromatic rings. The van der Waals surface area contributed by atoms with Crippen molar-refractivity contribution in [2.45, 2.75) is 71.9 Å². The normalized spacial score (nSPS) is 19.7. The van der Waals surface area contributed by atoms with E-state index in [1.54, 1.807) is 0 Å². The highest BCUT2D eigenvalue weighted by Crippen LogP contribution is 2.22. The maximum absolute atomic E-state index is 12.0. The van der Waals surface area contributed by atoms with Gasteiger partial charge in [0.15, 0.2) is 0 Å². The molecule has 1 saturated heterocycles. The first-order valence-electron chi connectivity index (χ1n) is 8.79. The SMILES string of the molecule is CCO[Si](CCCCN1C(=O)CCCC1C)(OCC)OCC. The maximum atomic E-state index is 12.0. The summed E-state index contributed by atoms with van der Waals surface area (Å²) in [5.74, 6) is 0.307. The van der Waals surface area contributed by atoms with E-state index in [4.69, 9.17) is 13.3 Å². The predicted molar refractivity (Wildman–Crippen MR) is 89.7 cm³/mol. The Balaban J connectivity index is 2.42. The summed E-state index contributed by atoms with van der Waals surface area (Å²) in [5.41, 5.74) is 0. The Morgan fingerprint density at radius 2 is 1.68 bits per heavy atom. The van der Waals surface area contributed by atoms with E-state index >= 15 is 0 Å². The molecule has 1 fully saturated rings. The predicted octanol–water partition coefficient (Wildman–Crippen LogP) is 3.22. The molecule has 1 atom stereocenters. The Hall–Kier alpha value is -0.433. The quantitative estimate of drug-likeness (QED) is 0.431. The number of unbranched alkanes of at least 4 members (excludes halogenated alkanes) is 1. The number of rotatable bonds is 11. The van der Waals surface area contributed by atoms with Gasteiger partial charge in [-0.05, 0) is 53.4 Å². The summed E-state index contributed by atoms with van der Waals surface area (Å²) in [7, 11) is -2.52. The fourth-order valence-electron chi connectivity index (χ4n) is 3.06. The van der Waals surface area contributed by atoms with Gasteiger partial charge in [-0.25, -0.2) is 0 Å². The van der Waals surface area contributed by atoms with Crippen molar-refractivity contribution in [1.82, 2.24) is 4.90 Å². The van der Waals surface area contributed by atoms with Gasteiger partial charge < -0.3 is 18.2 Å². The molecule has 6 heteroatoms. The smallest absolute Gasteiger partial charge is 0.374 e. The molecule has 1 aliphatic heterocycles. The van der Waals surface area contributed by atoms with E-state index < -0.39 is 8.80 Å². The molecule has 0 spiro atoms. The minimum Gasteiger partial charge on any atom is -0.374 e. The molecule has 0 aliphatic carbocycles. The minimum atomic E-state index is -2.52. The van der Waals surface area contributed by atoms with Crippen LogP contribution in [0.5, 0.6) is 0 Å². The van der Waals surface area contributed by atoms with Crippen LogP contribution in [0.2, 0.25) is 6.04 Å². The van der Waals surface area contributed by atoms with Gasteiger partial charge in [0.1, 0.15) is 0 Å². The van der Waals surface area contributed by atoms with E-state index in [-0.39, 0.29) is 0 Å². The molecule has 1 heterocycles. The number of hydrogen-bond acceptors (Lipinski definition) is 4. The average Bonchev–Trinajstić information content (AvgIpc) is 2.47. The zero-order chi connectivity index (χ0) is 16.4. The molecule has 22 heavy (non-hydrogen) atoms. The van der Waals surface area contributed by atoms with Crippen LogP contribution >= 0.6 is 0 Å². The van der Waals surface area contributed by atoms with Gasteiger partial charge in [-0.2, -0.15) is 0 Å². The summed E-state index contributed by atoms with van der Waals surface area (Å²) in [6, 6.07) is 1.22. The number of hydrogen-bond donors (Lipinski definition) is 0. The molecule has 1 unspecified atom stereocenters. The molecule has 1 amide bonds. The highest BCUT2D eigenvalue weighted by atomic mass is 28.4. The fourth-order valence-corrected chi connectivity index (χ4v) is 5.75. The highest BCUT2D eigenvalue weighted by molar-refractivity contribution is 6.60. The van der Waals surface area contributed by atoms with Crippen LogP contribution in [0.3, 0.4) is 0 Å². The molecule has 130 valence electrons. The van der Waals surface area contributed by atoms with Crippen molar-refractivity contribution < 1.29 is 18.1 Å². The van der Waals surface area contributed by atoms with Gasteiger partial charge >= 0.3 is 8.80 Å². The molecule has 1 aliphatic rings. The third kappa shape index (κ3) is 5.99. The fraction of sp³-hybridized carbons (Fsp3) is 0.938. The first kappa shape index (κ1) is 19.6. The Bertz CT molecular complexity index is 310. The minimum absolute atomic E-state index is 0.307. The van der Waals surface area contributed by atoms with E-state index in [0.717, 1.165) is 38.3 Å². The Morgan fingerprint density at radius 3 is 2.18 bits per heavy atom. The number of carbonyl (C=O) groups excluding carboxylic acids is 1. The molecule has 0 N–H and O–H groups in total. The van der Waals surface area contributed by atoms with Crippen LogP contribution in [0.25, 0.3) is 0 Å². The first-order valence-corrected chi connectivity index (χ1v) is 10.7. The number of amides is 1. The zero-order valence-corrected chi connectivity index (χ0v) is 15.7. The molecular weight excluding hydrogens is 298 g/mol. The third-order valence-corrected chi connectivity index (χ3v) is 7.24. The van der Waals surface area contributed by atoms with Crippen molar-refractivity contribution in [3.05, 3.63) is 0 Å².